The number of nitrogens with one attached hydrogen (secondary N) is 1. The van der Waals surface area contributed by atoms with Gasteiger partial charge in [-0.05, 0) is 60.3 Å². The van der Waals surface area contributed by atoms with E-state index in [0.29, 0.717) is 25.8 Å². The number of terminal acetylenes is 1. The molecule has 0 spiro atoms. The van der Waals surface area contributed by atoms with E-state index in [0.717, 1.165) is 35.1 Å². The van der Waals surface area contributed by atoms with E-state index >= 15 is 0 Å². The fourth-order valence-electron chi connectivity index (χ4n) is 4.27. The first-order valence-corrected chi connectivity index (χ1v) is 11.1. The minimum Gasteiger partial charge on any atom is -0.480 e. The second-order valence-electron chi connectivity index (χ2n) is 8.74. The van der Waals surface area contributed by atoms with E-state index in [-0.39, 0.29) is 18.3 Å². The largest absolute Gasteiger partial charge is 0.480 e. The summed E-state index contributed by atoms with van der Waals surface area (Å²) in [5, 5.41) is 31.0. The Morgan fingerprint density at radius 3 is 2.22 bits per heavy atom. The number of benzene rings is 2. The molecule has 0 aliphatic heterocycles. The van der Waals surface area contributed by atoms with E-state index < -0.39 is 18.6 Å². The summed E-state index contributed by atoms with van der Waals surface area (Å²) >= 11 is 0. The molecule has 2 aromatic rings. The molecule has 1 aliphatic rings. The molecule has 7 heteroatoms. The molecule has 6 N–H and O–H groups in total. The molecule has 0 radical (unpaired) electrons. The minimum absolute atomic E-state index is 0.0788. The van der Waals surface area contributed by atoms with Crippen LogP contribution in [0.5, 0.6) is 0 Å². The zero-order valence-corrected chi connectivity index (χ0v) is 18.2. The Bertz CT molecular complexity index is 934. The number of hydrogen-bond acceptors (Lipinski definition) is 5. The van der Waals surface area contributed by atoms with Gasteiger partial charge >= 0.3 is 13.1 Å². The van der Waals surface area contributed by atoms with Crippen LogP contribution in [0.2, 0.25) is 6.32 Å². The molecular weight excluding hydrogens is 403 g/mol. The lowest BCUT2D eigenvalue weighted by molar-refractivity contribution is -0.148. The van der Waals surface area contributed by atoms with Crippen molar-refractivity contribution in [2.75, 3.05) is 0 Å². The number of carboxylic acid groups (broad SMARTS) is 1. The van der Waals surface area contributed by atoms with Gasteiger partial charge in [0.2, 0.25) is 0 Å². The molecule has 0 aromatic heterocycles. The van der Waals surface area contributed by atoms with E-state index in [9.17, 15) is 9.90 Å². The molecule has 1 fully saturated rings. The van der Waals surface area contributed by atoms with Crippen molar-refractivity contribution in [1.29, 1.82) is 0 Å². The Labute approximate surface area is 190 Å². The van der Waals surface area contributed by atoms with Gasteiger partial charge in [-0.25, -0.2) is 0 Å². The summed E-state index contributed by atoms with van der Waals surface area (Å²) in [7, 11) is -1.35. The monoisotopic (exact) mass is 434 g/mol. The summed E-state index contributed by atoms with van der Waals surface area (Å²) in [5.41, 5.74) is 9.28. The van der Waals surface area contributed by atoms with Crippen LogP contribution in [0.15, 0.2) is 48.5 Å². The summed E-state index contributed by atoms with van der Waals surface area (Å²) < 4.78 is 0. The van der Waals surface area contributed by atoms with E-state index in [4.69, 9.17) is 22.2 Å². The topological polar surface area (TPSA) is 116 Å². The van der Waals surface area contributed by atoms with Crippen molar-refractivity contribution >= 4 is 13.1 Å². The lowest BCUT2D eigenvalue weighted by Gasteiger charge is -2.45. The van der Waals surface area contributed by atoms with Crippen LogP contribution in [-0.2, 0) is 11.3 Å². The Balaban J connectivity index is 1.46. The lowest BCUT2D eigenvalue weighted by Crippen LogP contribution is -2.61. The standard InChI is InChI=1S/C25H31BN2O4/c1-2-18-5-9-20(10-6-18)21-11-7-19(8-12-21)17-28-23-15-22(16-23)25(27,24(29)30)13-3-4-14-26(31)32/h1,5-12,22-23,28,31-32H,3-4,13-17,27H2,(H,29,30). The fraction of sp³-hybridized carbons (Fsp3) is 0.400. The van der Waals surface area contributed by atoms with Crippen molar-refractivity contribution in [2.24, 2.45) is 11.7 Å². The van der Waals surface area contributed by atoms with Gasteiger partial charge in [0.1, 0.15) is 5.54 Å². The van der Waals surface area contributed by atoms with Gasteiger partial charge in [-0.15, -0.1) is 6.42 Å². The fourth-order valence-corrected chi connectivity index (χ4v) is 4.27. The molecule has 32 heavy (non-hydrogen) atoms. The van der Waals surface area contributed by atoms with E-state index in [1.165, 1.54) is 0 Å². The third-order valence-electron chi connectivity index (χ3n) is 6.50. The molecule has 2 aromatic carbocycles. The molecule has 168 valence electrons. The molecule has 1 atom stereocenters. The highest BCUT2D eigenvalue weighted by molar-refractivity contribution is 6.40. The molecular formula is C25H31BN2O4. The number of rotatable bonds is 11. The zero-order chi connectivity index (χ0) is 23.1. The molecule has 1 aliphatic carbocycles. The predicted molar refractivity (Wildman–Crippen MR) is 127 cm³/mol. The van der Waals surface area contributed by atoms with Crippen molar-refractivity contribution < 1.29 is 19.9 Å². The first-order chi connectivity index (χ1) is 15.3. The number of nitrogens with two attached hydrogens (primary N) is 1. The highest BCUT2D eigenvalue weighted by atomic mass is 16.4. The second-order valence-corrected chi connectivity index (χ2v) is 8.74. The van der Waals surface area contributed by atoms with Gasteiger partial charge in [0.15, 0.2) is 0 Å². The second kappa shape index (κ2) is 10.8. The number of carbonyl (C=O) groups is 1. The molecule has 6 nitrogen and oxygen atoms in total. The van der Waals surface area contributed by atoms with Crippen LogP contribution in [0, 0.1) is 18.3 Å². The summed E-state index contributed by atoms with van der Waals surface area (Å²) in [4.78, 5) is 11.8. The van der Waals surface area contributed by atoms with Crippen molar-refractivity contribution in [2.45, 2.75) is 56.5 Å². The number of carboxylic acids is 1. The molecule has 0 heterocycles. The van der Waals surface area contributed by atoms with Gasteiger partial charge < -0.3 is 26.2 Å². The number of unbranched alkanes of at least 4 members (excludes halogenated alkanes) is 1. The number of hydrogen-bond donors (Lipinski definition) is 5. The third-order valence-corrected chi connectivity index (χ3v) is 6.50. The van der Waals surface area contributed by atoms with E-state index in [1.54, 1.807) is 0 Å². The molecule has 0 saturated heterocycles. The van der Waals surface area contributed by atoms with Crippen LogP contribution in [0.1, 0.15) is 43.2 Å². The Morgan fingerprint density at radius 1 is 1.09 bits per heavy atom. The molecule has 0 bridgehead atoms. The summed E-state index contributed by atoms with van der Waals surface area (Å²) in [6.45, 7) is 0.715. The van der Waals surface area contributed by atoms with Crippen LogP contribution in [-0.4, -0.2) is 39.8 Å². The van der Waals surface area contributed by atoms with Crippen LogP contribution < -0.4 is 11.1 Å². The SMILES string of the molecule is C#Cc1ccc(-c2ccc(CNC3CC(C(N)(CCCCB(O)O)C(=O)O)C3)cc2)cc1. The average molecular weight is 434 g/mol. The van der Waals surface area contributed by atoms with Gasteiger partial charge in [-0.2, -0.15) is 0 Å². The summed E-state index contributed by atoms with van der Waals surface area (Å²) in [6.07, 6.45) is 8.55. The van der Waals surface area contributed by atoms with Gasteiger partial charge in [-0.1, -0.05) is 55.2 Å². The number of aliphatic carboxylic acids is 1. The average Bonchev–Trinajstić information content (AvgIpc) is 2.76. The Hall–Kier alpha value is -2.63. The smallest absolute Gasteiger partial charge is 0.451 e. The zero-order valence-electron chi connectivity index (χ0n) is 18.2. The van der Waals surface area contributed by atoms with Crippen molar-refractivity contribution in [1.82, 2.24) is 5.32 Å². The first-order valence-electron chi connectivity index (χ1n) is 11.1. The highest BCUT2D eigenvalue weighted by Gasteiger charge is 2.47. The van der Waals surface area contributed by atoms with Gasteiger partial charge in [-0.3, -0.25) is 4.79 Å². The summed E-state index contributed by atoms with van der Waals surface area (Å²) in [6, 6.07) is 16.5. The summed E-state index contributed by atoms with van der Waals surface area (Å²) in [5.74, 6) is 1.57. The lowest BCUT2D eigenvalue weighted by atomic mass is 9.66. The molecule has 1 unspecified atom stereocenters. The van der Waals surface area contributed by atoms with Crippen LogP contribution in [0.3, 0.4) is 0 Å². The maximum atomic E-state index is 11.8. The third kappa shape index (κ3) is 5.99. The van der Waals surface area contributed by atoms with E-state index in [1.807, 2.05) is 24.3 Å². The minimum atomic E-state index is -1.35. The maximum absolute atomic E-state index is 11.8. The van der Waals surface area contributed by atoms with Crippen LogP contribution in [0.4, 0.5) is 0 Å². The first kappa shape index (κ1) is 24.0. The molecule has 3 rings (SSSR count). The predicted octanol–water partition coefficient (Wildman–Crippen LogP) is 2.63. The Morgan fingerprint density at radius 2 is 1.69 bits per heavy atom. The van der Waals surface area contributed by atoms with Gasteiger partial charge in [0.05, 0.1) is 0 Å². The van der Waals surface area contributed by atoms with Crippen LogP contribution in [0.25, 0.3) is 11.1 Å². The van der Waals surface area contributed by atoms with Crippen molar-refractivity contribution in [3.8, 4) is 23.5 Å². The normalized spacial score (nSPS) is 19.4. The molecule has 0 amide bonds. The van der Waals surface area contributed by atoms with Crippen LogP contribution >= 0.6 is 0 Å². The van der Waals surface area contributed by atoms with Crippen molar-refractivity contribution in [3.05, 3.63) is 59.7 Å². The van der Waals surface area contributed by atoms with Gasteiger partial charge in [0.25, 0.3) is 0 Å². The highest BCUT2D eigenvalue weighted by Crippen LogP contribution is 2.38. The van der Waals surface area contributed by atoms with Gasteiger partial charge in [0, 0.05) is 18.2 Å². The maximum Gasteiger partial charge on any atom is 0.451 e. The van der Waals surface area contributed by atoms with Crippen molar-refractivity contribution in [3.63, 3.8) is 0 Å². The quantitative estimate of drug-likeness (QED) is 0.211. The Kier molecular flexibility index (Phi) is 8.11. The molecule has 1 saturated carbocycles. The van der Waals surface area contributed by atoms with E-state index in [2.05, 4.69) is 35.5 Å².